The van der Waals surface area contributed by atoms with Crippen LogP contribution in [0.15, 0.2) is 11.6 Å². The van der Waals surface area contributed by atoms with Crippen LogP contribution in [0.2, 0.25) is 0 Å². The number of hydrogen-bond acceptors (Lipinski definition) is 3. The van der Waals surface area contributed by atoms with Crippen molar-refractivity contribution in [3.63, 3.8) is 0 Å². The highest BCUT2D eigenvalue weighted by Gasteiger charge is 2.26. The van der Waals surface area contributed by atoms with E-state index in [9.17, 15) is 4.79 Å². The molecular weight excluding hydrogens is 204 g/mol. The van der Waals surface area contributed by atoms with Gasteiger partial charge in [-0.2, -0.15) is 0 Å². The number of nitrogens with zero attached hydrogens (tertiary/aromatic N) is 1. The smallest absolute Gasteiger partial charge is 0.410 e. The van der Waals surface area contributed by atoms with Crippen molar-refractivity contribution in [2.24, 2.45) is 0 Å². The molecule has 0 unspecified atom stereocenters. The monoisotopic (exact) mass is 226 g/mol. The lowest BCUT2D eigenvalue weighted by molar-refractivity contribution is 0.0299. The minimum absolute atomic E-state index is 0.208. The molecule has 16 heavy (non-hydrogen) atoms. The van der Waals surface area contributed by atoms with Crippen LogP contribution >= 0.6 is 0 Å². The van der Waals surface area contributed by atoms with Crippen molar-refractivity contribution in [1.29, 1.82) is 0 Å². The summed E-state index contributed by atoms with van der Waals surface area (Å²) in [6.45, 7) is 7.99. The molecule has 0 aromatic rings. The van der Waals surface area contributed by atoms with Gasteiger partial charge in [-0.3, -0.25) is 0 Å². The van der Waals surface area contributed by atoms with Gasteiger partial charge in [0, 0.05) is 19.6 Å². The maximum absolute atomic E-state index is 11.7. The Morgan fingerprint density at radius 3 is 2.81 bits per heavy atom. The van der Waals surface area contributed by atoms with Crippen molar-refractivity contribution in [1.82, 2.24) is 10.2 Å². The summed E-state index contributed by atoms with van der Waals surface area (Å²) in [5.41, 5.74) is 0.898. The standard InChI is InChI=1S/C12H22N2O2/c1-12(2,3)16-11(15)14-8-6-10(9-14)5-7-13-4/h5,13H,6-9H2,1-4H3. The highest BCUT2D eigenvalue weighted by molar-refractivity contribution is 5.69. The number of nitrogens with one attached hydrogen (secondary N) is 1. The van der Waals surface area contributed by atoms with Gasteiger partial charge in [0.15, 0.2) is 0 Å². The Bertz CT molecular complexity index is 279. The lowest BCUT2D eigenvalue weighted by Crippen LogP contribution is -2.34. The molecule has 1 aliphatic heterocycles. The van der Waals surface area contributed by atoms with Crippen molar-refractivity contribution in [2.75, 3.05) is 26.7 Å². The minimum Gasteiger partial charge on any atom is -0.444 e. The zero-order chi connectivity index (χ0) is 12.2. The fourth-order valence-electron chi connectivity index (χ4n) is 1.58. The zero-order valence-electron chi connectivity index (χ0n) is 10.7. The molecule has 1 rings (SSSR count). The van der Waals surface area contributed by atoms with E-state index in [1.54, 1.807) is 4.90 Å². The summed E-state index contributed by atoms with van der Waals surface area (Å²) in [5.74, 6) is 0. The predicted octanol–water partition coefficient (Wildman–Crippen LogP) is 1.77. The van der Waals surface area contributed by atoms with Crippen LogP contribution in [0, 0.1) is 0 Å². The largest absolute Gasteiger partial charge is 0.444 e. The minimum atomic E-state index is -0.408. The summed E-state index contributed by atoms with van der Waals surface area (Å²) in [7, 11) is 1.91. The molecule has 0 saturated carbocycles. The Morgan fingerprint density at radius 2 is 2.25 bits per heavy atom. The van der Waals surface area contributed by atoms with Crippen molar-refractivity contribution in [2.45, 2.75) is 32.8 Å². The second-order valence-electron chi connectivity index (χ2n) is 5.07. The summed E-state index contributed by atoms with van der Waals surface area (Å²) in [6.07, 6.45) is 2.89. The van der Waals surface area contributed by atoms with Gasteiger partial charge in [0.1, 0.15) is 5.60 Å². The summed E-state index contributed by atoms with van der Waals surface area (Å²) >= 11 is 0. The Balaban J connectivity index is 2.44. The Morgan fingerprint density at radius 1 is 1.56 bits per heavy atom. The molecule has 1 N–H and O–H groups in total. The number of amides is 1. The van der Waals surface area contributed by atoms with Crippen LogP contribution in [0.25, 0.3) is 0 Å². The normalized spacial score (nSPS) is 19.2. The van der Waals surface area contributed by atoms with Gasteiger partial charge < -0.3 is 15.0 Å². The van der Waals surface area contributed by atoms with Crippen LogP contribution in [0.5, 0.6) is 0 Å². The van der Waals surface area contributed by atoms with Gasteiger partial charge in [-0.05, 0) is 34.2 Å². The number of ether oxygens (including phenoxy) is 1. The Labute approximate surface area is 97.6 Å². The van der Waals surface area contributed by atoms with E-state index in [4.69, 9.17) is 4.74 Å². The molecule has 0 atom stereocenters. The lowest BCUT2D eigenvalue weighted by Gasteiger charge is -2.23. The predicted molar refractivity (Wildman–Crippen MR) is 64.4 cm³/mol. The molecule has 92 valence electrons. The highest BCUT2D eigenvalue weighted by atomic mass is 16.6. The van der Waals surface area contributed by atoms with Crippen LogP contribution in [0.4, 0.5) is 4.79 Å². The number of likely N-dealkylation sites (N-methyl/N-ethyl adjacent to an activating group) is 1. The van der Waals surface area contributed by atoms with Crippen molar-refractivity contribution in [3.05, 3.63) is 11.6 Å². The topological polar surface area (TPSA) is 41.6 Å². The third-order valence-corrected chi connectivity index (χ3v) is 2.34. The van der Waals surface area contributed by atoms with Gasteiger partial charge in [-0.25, -0.2) is 4.79 Å². The number of likely N-dealkylation sites (tertiary alicyclic amines) is 1. The fourth-order valence-corrected chi connectivity index (χ4v) is 1.58. The van der Waals surface area contributed by atoms with Crippen molar-refractivity contribution < 1.29 is 9.53 Å². The van der Waals surface area contributed by atoms with Gasteiger partial charge >= 0.3 is 6.09 Å². The van der Waals surface area contributed by atoms with E-state index in [1.165, 1.54) is 5.57 Å². The first-order chi connectivity index (χ1) is 7.42. The highest BCUT2D eigenvalue weighted by Crippen LogP contribution is 2.18. The molecule has 1 fully saturated rings. The first kappa shape index (κ1) is 13.0. The average Bonchev–Trinajstić information content (AvgIpc) is 2.60. The molecule has 0 aliphatic carbocycles. The second-order valence-corrected chi connectivity index (χ2v) is 5.07. The van der Waals surface area contributed by atoms with Gasteiger partial charge in [-0.1, -0.05) is 11.6 Å². The summed E-state index contributed by atoms with van der Waals surface area (Å²) in [5, 5.41) is 3.07. The molecule has 1 amide bonds. The van der Waals surface area contributed by atoms with E-state index < -0.39 is 5.60 Å². The number of rotatable bonds is 2. The molecule has 1 saturated heterocycles. The summed E-state index contributed by atoms with van der Waals surface area (Å²) < 4.78 is 5.32. The van der Waals surface area contributed by atoms with Gasteiger partial charge in [0.05, 0.1) is 0 Å². The van der Waals surface area contributed by atoms with E-state index in [0.717, 1.165) is 19.5 Å². The van der Waals surface area contributed by atoms with Crippen molar-refractivity contribution >= 4 is 6.09 Å². The second kappa shape index (κ2) is 5.34. The average molecular weight is 226 g/mol. The van der Waals surface area contributed by atoms with E-state index >= 15 is 0 Å². The van der Waals surface area contributed by atoms with Gasteiger partial charge in [0.25, 0.3) is 0 Å². The first-order valence-electron chi connectivity index (χ1n) is 5.73. The molecule has 4 heteroatoms. The quantitative estimate of drug-likeness (QED) is 0.730. The molecule has 0 aromatic heterocycles. The first-order valence-corrected chi connectivity index (χ1v) is 5.73. The zero-order valence-corrected chi connectivity index (χ0v) is 10.7. The molecule has 1 aliphatic rings. The van der Waals surface area contributed by atoms with Crippen LogP contribution in [0.3, 0.4) is 0 Å². The van der Waals surface area contributed by atoms with E-state index in [2.05, 4.69) is 11.4 Å². The molecule has 1 heterocycles. The Hall–Kier alpha value is -1.03. The van der Waals surface area contributed by atoms with Crippen LogP contribution in [-0.4, -0.2) is 43.3 Å². The molecular formula is C12H22N2O2. The van der Waals surface area contributed by atoms with Crippen LogP contribution in [-0.2, 0) is 4.74 Å². The molecule has 0 aromatic carbocycles. The van der Waals surface area contributed by atoms with Gasteiger partial charge in [0.2, 0.25) is 0 Å². The number of hydrogen-bond donors (Lipinski definition) is 1. The molecule has 0 bridgehead atoms. The van der Waals surface area contributed by atoms with Gasteiger partial charge in [-0.15, -0.1) is 0 Å². The third kappa shape index (κ3) is 4.23. The molecule has 0 spiro atoms. The maximum Gasteiger partial charge on any atom is 0.410 e. The molecule has 4 nitrogen and oxygen atoms in total. The Kier molecular flexibility index (Phi) is 4.35. The lowest BCUT2D eigenvalue weighted by atomic mass is 10.2. The van der Waals surface area contributed by atoms with Crippen LogP contribution in [0.1, 0.15) is 27.2 Å². The van der Waals surface area contributed by atoms with E-state index in [0.29, 0.717) is 6.54 Å². The van der Waals surface area contributed by atoms with E-state index in [-0.39, 0.29) is 6.09 Å². The summed E-state index contributed by atoms with van der Waals surface area (Å²) in [4.78, 5) is 13.5. The molecule has 0 radical (unpaired) electrons. The summed E-state index contributed by atoms with van der Waals surface area (Å²) in [6, 6.07) is 0. The maximum atomic E-state index is 11.7. The third-order valence-electron chi connectivity index (χ3n) is 2.34. The van der Waals surface area contributed by atoms with E-state index in [1.807, 2.05) is 27.8 Å². The fraction of sp³-hybridized carbons (Fsp3) is 0.750. The number of carbonyl (C=O) groups is 1. The number of carbonyl (C=O) groups excluding carboxylic acids is 1. The van der Waals surface area contributed by atoms with Crippen LogP contribution < -0.4 is 5.32 Å². The van der Waals surface area contributed by atoms with Crippen molar-refractivity contribution in [3.8, 4) is 0 Å². The SMILES string of the molecule is CNCC=C1CCN(C(=O)OC(C)(C)C)C1.